The Bertz CT molecular complexity index is 179. The maximum atomic E-state index is 10.3. The summed E-state index contributed by atoms with van der Waals surface area (Å²) < 4.78 is 6.64. The van der Waals surface area contributed by atoms with Gasteiger partial charge in [0.2, 0.25) is 0 Å². The average molecular weight is 282 g/mol. The second-order valence-corrected chi connectivity index (χ2v) is 3.52. The molecule has 4 nitrogen and oxygen atoms in total. The molecular weight excluding hydrogens is 271 g/mol. The molecule has 0 unspecified atom stereocenters. The summed E-state index contributed by atoms with van der Waals surface area (Å²) in [6.07, 6.45) is 0.503. The first-order valence-electron chi connectivity index (χ1n) is 3.58. The summed E-state index contributed by atoms with van der Waals surface area (Å²) in [7, 11) is 0. The Balaban J connectivity index is 3.26. The largest absolute Gasteiger partial charge is 0.464 e. The molecule has 0 saturated carbocycles. The van der Waals surface area contributed by atoms with E-state index in [0.717, 1.165) is 0 Å². The van der Waals surface area contributed by atoms with Crippen molar-refractivity contribution >= 4 is 28.8 Å². The number of rotatable bonds is 5. The van der Waals surface area contributed by atoms with E-state index in [1.165, 1.54) is 6.92 Å². The van der Waals surface area contributed by atoms with Crippen molar-refractivity contribution in [1.29, 1.82) is 5.26 Å². The second kappa shape index (κ2) is 7.31. The summed E-state index contributed by atoms with van der Waals surface area (Å²) in [5, 5.41) is 8.26. The minimum atomic E-state index is -0.264. The van der Waals surface area contributed by atoms with Gasteiger partial charge in [0, 0.05) is 49.3 Å². The van der Waals surface area contributed by atoms with Crippen molar-refractivity contribution < 1.29 is 9.53 Å². The fourth-order valence-corrected chi connectivity index (χ4v) is 1.01. The van der Waals surface area contributed by atoms with Crippen molar-refractivity contribution in [2.75, 3.05) is 19.7 Å². The number of carbonyl (C=O) groups excluding carboxylic acids is 1. The number of hydrogen-bond donors (Lipinski definition) is 0. The number of ether oxygens (including phenoxy) is 1. The topological polar surface area (TPSA) is 53.3 Å². The zero-order valence-corrected chi connectivity index (χ0v) is 9.07. The normalized spacial score (nSPS) is 9.50. The standard InChI is InChI=1S/C7H11IN2O2/c1-7(11)12-6-5-10(8)4-2-3-9/h2,4-6H2,1H3. The summed E-state index contributed by atoms with van der Waals surface area (Å²) in [6.45, 7) is 3.15. The third kappa shape index (κ3) is 7.75. The highest BCUT2D eigenvalue weighted by molar-refractivity contribution is 14.1. The van der Waals surface area contributed by atoms with E-state index < -0.39 is 0 Å². The van der Waals surface area contributed by atoms with Crippen molar-refractivity contribution in [2.45, 2.75) is 13.3 Å². The lowest BCUT2D eigenvalue weighted by Gasteiger charge is -2.11. The van der Waals surface area contributed by atoms with Gasteiger partial charge in [0.1, 0.15) is 6.61 Å². The molecule has 0 amide bonds. The molecule has 0 N–H and O–H groups in total. The van der Waals surface area contributed by atoms with Gasteiger partial charge in [0.25, 0.3) is 0 Å². The van der Waals surface area contributed by atoms with Crippen molar-refractivity contribution in [3.63, 3.8) is 0 Å². The highest BCUT2D eigenvalue weighted by atomic mass is 127. The molecule has 0 atom stereocenters. The van der Waals surface area contributed by atoms with Crippen LogP contribution in [0.5, 0.6) is 0 Å². The van der Waals surface area contributed by atoms with E-state index in [4.69, 9.17) is 10.00 Å². The molecule has 0 aliphatic rings. The zero-order valence-electron chi connectivity index (χ0n) is 6.92. The van der Waals surface area contributed by atoms with Crippen LogP contribution < -0.4 is 0 Å². The molecule has 0 aromatic rings. The van der Waals surface area contributed by atoms with Crippen LogP contribution in [0, 0.1) is 11.3 Å². The third-order valence-electron chi connectivity index (χ3n) is 1.11. The number of nitrogens with zero attached hydrogens (tertiary/aromatic N) is 2. The molecule has 0 aromatic heterocycles. The van der Waals surface area contributed by atoms with Crippen LogP contribution in [-0.2, 0) is 9.53 Å². The van der Waals surface area contributed by atoms with Gasteiger partial charge in [0.15, 0.2) is 0 Å². The molecule has 12 heavy (non-hydrogen) atoms. The molecule has 0 bridgehead atoms. The predicted molar refractivity (Wildman–Crippen MR) is 52.5 cm³/mol. The van der Waals surface area contributed by atoms with Gasteiger partial charge in [-0.2, -0.15) is 5.26 Å². The van der Waals surface area contributed by atoms with Gasteiger partial charge in [-0.1, -0.05) is 0 Å². The van der Waals surface area contributed by atoms with E-state index in [1.54, 1.807) is 0 Å². The Morgan fingerprint density at radius 3 is 2.83 bits per heavy atom. The number of esters is 1. The molecule has 0 aliphatic carbocycles. The Labute approximate surface area is 86.0 Å². The molecule has 68 valence electrons. The third-order valence-corrected chi connectivity index (χ3v) is 2.07. The van der Waals surface area contributed by atoms with Crippen LogP contribution in [0.1, 0.15) is 13.3 Å². The Hall–Kier alpha value is -0.350. The molecule has 0 aliphatic heterocycles. The lowest BCUT2D eigenvalue weighted by molar-refractivity contribution is -0.141. The number of nitriles is 1. The van der Waals surface area contributed by atoms with Crippen molar-refractivity contribution in [2.24, 2.45) is 0 Å². The van der Waals surface area contributed by atoms with Gasteiger partial charge in [0.05, 0.1) is 6.07 Å². The molecule has 0 radical (unpaired) electrons. The summed E-state index contributed by atoms with van der Waals surface area (Å²) in [5.41, 5.74) is 0. The lowest BCUT2D eigenvalue weighted by atomic mass is 10.4. The predicted octanol–water partition coefficient (Wildman–Crippen LogP) is 1.12. The lowest BCUT2D eigenvalue weighted by Crippen LogP contribution is -2.19. The fraction of sp³-hybridized carbons (Fsp3) is 0.714. The molecule has 5 heteroatoms. The molecule has 0 heterocycles. The number of halogens is 1. The SMILES string of the molecule is CC(=O)OCCN(I)CCC#N. The zero-order chi connectivity index (χ0) is 9.40. The van der Waals surface area contributed by atoms with E-state index in [1.807, 2.05) is 9.18 Å². The quantitative estimate of drug-likeness (QED) is 0.430. The fourth-order valence-electron chi connectivity index (χ4n) is 0.572. The van der Waals surface area contributed by atoms with Crippen LogP contribution in [0.25, 0.3) is 0 Å². The summed E-state index contributed by atoms with van der Waals surface area (Å²) in [4.78, 5) is 10.3. The van der Waals surface area contributed by atoms with Gasteiger partial charge in [-0.05, 0) is 0 Å². The minimum Gasteiger partial charge on any atom is -0.464 e. The van der Waals surface area contributed by atoms with E-state index in [9.17, 15) is 4.79 Å². The molecule has 0 aromatic carbocycles. The molecule has 0 fully saturated rings. The summed E-state index contributed by atoms with van der Waals surface area (Å²) in [5.74, 6) is -0.264. The van der Waals surface area contributed by atoms with Crippen molar-refractivity contribution in [1.82, 2.24) is 3.11 Å². The van der Waals surface area contributed by atoms with E-state index in [0.29, 0.717) is 26.1 Å². The van der Waals surface area contributed by atoms with Gasteiger partial charge < -0.3 is 4.74 Å². The molecule has 0 saturated heterocycles. The van der Waals surface area contributed by atoms with Crippen LogP contribution in [-0.4, -0.2) is 28.8 Å². The van der Waals surface area contributed by atoms with E-state index in [2.05, 4.69) is 22.9 Å². The van der Waals surface area contributed by atoms with Crippen LogP contribution in [0.15, 0.2) is 0 Å². The van der Waals surface area contributed by atoms with Crippen molar-refractivity contribution in [3.05, 3.63) is 0 Å². The maximum Gasteiger partial charge on any atom is 0.302 e. The van der Waals surface area contributed by atoms with Crippen LogP contribution in [0.2, 0.25) is 0 Å². The summed E-state index contributed by atoms with van der Waals surface area (Å²) in [6, 6.07) is 2.04. The molecule has 0 spiro atoms. The smallest absolute Gasteiger partial charge is 0.302 e. The van der Waals surface area contributed by atoms with Gasteiger partial charge in [-0.25, -0.2) is 3.11 Å². The average Bonchev–Trinajstić information content (AvgIpc) is 2.00. The second-order valence-electron chi connectivity index (χ2n) is 2.16. The van der Waals surface area contributed by atoms with Crippen molar-refractivity contribution in [3.8, 4) is 6.07 Å². The first kappa shape index (κ1) is 11.6. The number of carbonyl (C=O) groups is 1. The van der Waals surface area contributed by atoms with Gasteiger partial charge in [-0.3, -0.25) is 4.79 Å². The highest BCUT2D eigenvalue weighted by Gasteiger charge is 1.99. The van der Waals surface area contributed by atoms with E-state index >= 15 is 0 Å². The number of hydrogen-bond acceptors (Lipinski definition) is 4. The van der Waals surface area contributed by atoms with Crippen LogP contribution in [0.4, 0.5) is 0 Å². The highest BCUT2D eigenvalue weighted by Crippen LogP contribution is 1.98. The Morgan fingerprint density at radius 1 is 1.67 bits per heavy atom. The van der Waals surface area contributed by atoms with Crippen LogP contribution in [0.3, 0.4) is 0 Å². The molecular formula is C7H11IN2O2. The van der Waals surface area contributed by atoms with Gasteiger partial charge in [-0.15, -0.1) is 0 Å². The Morgan fingerprint density at radius 2 is 2.33 bits per heavy atom. The van der Waals surface area contributed by atoms with Crippen LogP contribution >= 0.6 is 22.9 Å². The Kier molecular flexibility index (Phi) is 7.09. The maximum absolute atomic E-state index is 10.3. The minimum absolute atomic E-state index is 0.264. The first-order valence-corrected chi connectivity index (χ1v) is 4.54. The van der Waals surface area contributed by atoms with Gasteiger partial charge >= 0.3 is 5.97 Å². The molecule has 0 rings (SSSR count). The monoisotopic (exact) mass is 282 g/mol. The van der Waals surface area contributed by atoms with E-state index in [-0.39, 0.29) is 5.97 Å². The summed E-state index contributed by atoms with van der Waals surface area (Å²) >= 11 is 2.10. The first-order chi connectivity index (χ1) is 5.66.